The number of fused-ring (bicyclic) bond motifs is 7. The second kappa shape index (κ2) is 7.97. The summed E-state index contributed by atoms with van der Waals surface area (Å²) in [6.45, 7) is 23.9. The zero-order chi connectivity index (χ0) is 25.6. The summed E-state index contributed by atoms with van der Waals surface area (Å²) < 4.78 is 5.93. The normalized spacial score (nSPS) is 55.4. The lowest BCUT2D eigenvalue weighted by Gasteiger charge is -2.71. The molecule has 2 heteroatoms. The van der Waals surface area contributed by atoms with Crippen LogP contribution >= 0.6 is 0 Å². The first-order chi connectivity index (χ1) is 16.3. The van der Waals surface area contributed by atoms with E-state index in [0.29, 0.717) is 28.1 Å². The molecule has 0 aliphatic heterocycles. The van der Waals surface area contributed by atoms with Crippen LogP contribution in [0.25, 0.3) is 0 Å². The average Bonchev–Trinajstić information content (AvgIpc) is 2.79. The van der Waals surface area contributed by atoms with E-state index in [9.17, 15) is 4.79 Å². The van der Waals surface area contributed by atoms with Gasteiger partial charge >= 0.3 is 5.97 Å². The van der Waals surface area contributed by atoms with Crippen molar-refractivity contribution in [2.75, 3.05) is 0 Å². The maximum atomic E-state index is 12.0. The third-order valence-electron chi connectivity index (χ3n) is 13.8. The number of rotatable bonds is 2. The molecule has 0 amide bonds. The smallest absolute Gasteiger partial charge is 0.302 e. The van der Waals surface area contributed by atoms with Crippen molar-refractivity contribution >= 4 is 5.97 Å². The fraction of sp³-hybridized carbons (Fsp3) is 0.848. The SMILES string of the molecule is C=C[C@]1(C)[C@@H](OC(C)=O)CC[C@]2(C)[C@H]3CC=C4[C@H]5[C@@H](C)[C@H](C)CC[C@]5(C)CC[C@@]4(C)[C@]3(C)CC[C@@H]12. The lowest BCUT2D eigenvalue weighted by atomic mass is 9.33. The molecule has 0 radical (unpaired) electrons. The van der Waals surface area contributed by atoms with Crippen molar-refractivity contribution in [3.05, 3.63) is 24.3 Å². The number of allylic oxidation sites excluding steroid dienone is 2. The molecule has 4 saturated carbocycles. The minimum absolute atomic E-state index is 0.0369. The van der Waals surface area contributed by atoms with E-state index in [1.54, 1.807) is 6.92 Å². The van der Waals surface area contributed by atoms with Crippen molar-refractivity contribution in [3.63, 3.8) is 0 Å². The number of hydrogen-bond donors (Lipinski definition) is 0. The Morgan fingerprint density at radius 2 is 1.69 bits per heavy atom. The summed E-state index contributed by atoms with van der Waals surface area (Å²) >= 11 is 0. The van der Waals surface area contributed by atoms with Gasteiger partial charge in [0.25, 0.3) is 0 Å². The quantitative estimate of drug-likeness (QED) is 0.292. The molecule has 0 aromatic carbocycles. The molecule has 0 spiro atoms. The summed E-state index contributed by atoms with van der Waals surface area (Å²) in [5.41, 5.74) is 3.08. The molecule has 196 valence electrons. The predicted molar refractivity (Wildman–Crippen MR) is 145 cm³/mol. The van der Waals surface area contributed by atoms with Gasteiger partial charge < -0.3 is 4.74 Å². The van der Waals surface area contributed by atoms with E-state index in [1.165, 1.54) is 44.9 Å². The molecule has 11 atom stereocenters. The van der Waals surface area contributed by atoms with E-state index in [4.69, 9.17) is 4.74 Å². The van der Waals surface area contributed by atoms with Crippen LogP contribution in [-0.4, -0.2) is 12.1 Å². The van der Waals surface area contributed by atoms with E-state index >= 15 is 0 Å². The van der Waals surface area contributed by atoms with Gasteiger partial charge in [0.1, 0.15) is 6.10 Å². The van der Waals surface area contributed by atoms with Crippen molar-refractivity contribution in [3.8, 4) is 0 Å². The molecule has 5 aliphatic carbocycles. The molecule has 0 unspecified atom stereocenters. The van der Waals surface area contributed by atoms with Crippen LogP contribution in [0.5, 0.6) is 0 Å². The molecule has 5 aliphatic rings. The maximum Gasteiger partial charge on any atom is 0.302 e. The van der Waals surface area contributed by atoms with Crippen molar-refractivity contribution in [1.82, 2.24) is 0 Å². The van der Waals surface area contributed by atoms with Crippen LogP contribution in [0.2, 0.25) is 0 Å². The van der Waals surface area contributed by atoms with Crippen LogP contribution in [0.15, 0.2) is 24.3 Å². The third-order valence-corrected chi connectivity index (χ3v) is 13.8. The Morgan fingerprint density at radius 3 is 2.34 bits per heavy atom. The van der Waals surface area contributed by atoms with Crippen molar-refractivity contribution < 1.29 is 9.53 Å². The monoisotopic (exact) mass is 480 g/mol. The average molecular weight is 481 g/mol. The van der Waals surface area contributed by atoms with Crippen LogP contribution in [0, 0.1) is 56.7 Å². The number of esters is 1. The summed E-state index contributed by atoms with van der Waals surface area (Å²) in [5.74, 6) is 3.43. The van der Waals surface area contributed by atoms with Crippen LogP contribution in [0.4, 0.5) is 0 Å². The lowest BCUT2D eigenvalue weighted by Crippen LogP contribution is -2.65. The second-order valence-corrected chi connectivity index (χ2v) is 15.0. The molecule has 0 aromatic heterocycles. The molecule has 4 fully saturated rings. The van der Waals surface area contributed by atoms with Crippen molar-refractivity contribution in [2.45, 2.75) is 119 Å². The standard InChI is InChI=1S/C33H52O2/c1-10-30(6)25-14-18-33(9)26(31(25,7)17-15-27(30)35-23(4)34)12-11-24-28-22(3)21(2)13-16-29(28,5)19-20-32(24,33)8/h10-11,21-22,25-28H,1,12-20H2,2-9H3/t21-,22+,25+,26-,27+,28-,29-,30+,31+,32-,33-/m1/s1. The Bertz CT molecular complexity index is 933. The lowest BCUT2D eigenvalue weighted by molar-refractivity contribution is -0.205. The van der Waals surface area contributed by atoms with Crippen molar-refractivity contribution in [2.24, 2.45) is 56.7 Å². The highest BCUT2D eigenvalue weighted by molar-refractivity contribution is 5.66. The Morgan fingerprint density at radius 1 is 0.971 bits per heavy atom. The highest BCUT2D eigenvalue weighted by Gasteiger charge is 2.68. The van der Waals surface area contributed by atoms with Gasteiger partial charge in [0, 0.05) is 12.3 Å². The van der Waals surface area contributed by atoms with E-state index in [0.717, 1.165) is 30.6 Å². The van der Waals surface area contributed by atoms with Gasteiger partial charge in [-0.25, -0.2) is 0 Å². The highest BCUT2D eigenvalue weighted by Crippen LogP contribution is 2.75. The number of carbonyl (C=O) groups is 1. The predicted octanol–water partition coefficient (Wildman–Crippen LogP) is 8.76. The van der Waals surface area contributed by atoms with E-state index in [-0.39, 0.29) is 22.9 Å². The Balaban J connectivity index is 1.56. The molecule has 0 heterocycles. The fourth-order valence-electron chi connectivity index (χ4n) is 11.2. The van der Waals surface area contributed by atoms with Crippen LogP contribution in [0.1, 0.15) is 113 Å². The minimum atomic E-state index is -0.149. The molecular weight excluding hydrogens is 428 g/mol. The van der Waals surface area contributed by atoms with Crippen LogP contribution < -0.4 is 0 Å². The summed E-state index contributed by atoms with van der Waals surface area (Å²) in [4.78, 5) is 12.0. The van der Waals surface area contributed by atoms with Gasteiger partial charge in [-0.1, -0.05) is 66.2 Å². The number of carbonyl (C=O) groups excluding carboxylic acids is 1. The third kappa shape index (κ3) is 3.22. The van der Waals surface area contributed by atoms with Gasteiger partial charge in [0.15, 0.2) is 0 Å². The fourth-order valence-corrected chi connectivity index (χ4v) is 11.2. The Hall–Kier alpha value is -1.05. The van der Waals surface area contributed by atoms with Crippen molar-refractivity contribution in [1.29, 1.82) is 0 Å². The summed E-state index contributed by atoms with van der Waals surface area (Å²) in [6.07, 6.45) is 16.3. The van der Waals surface area contributed by atoms with Gasteiger partial charge in [0.2, 0.25) is 0 Å². The Labute approximate surface area is 215 Å². The molecule has 0 N–H and O–H groups in total. The van der Waals surface area contributed by atoms with Gasteiger partial charge in [-0.05, 0) is 109 Å². The molecule has 35 heavy (non-hydrogen) atoms. The molecular formula is C33H52O2. The van der Waals surface area contributed by atoms with Crippen LogP contribution in [-0.2, 0) is 9.53 Å². The molecule has 5 rings (SSSR count). The van der Waals surface area contributed by atoms with E-state index < -0.39 is 0 Å². The Kier molecular flexibility index (Phi) is 5.83. The van der Waals surface area contributed by atoms with Gasteiger partial charge in [-0.15, -0.1) is 6.58 Å². The molecule has 0 bridgehead atoms. The van der Waals surface area contributed by atoms with E-state index in [2.05, 4.69) is 67.2 Å². The molecule has 2 nitrogen and oxygen atoms in total. The molecule has 0 saturated heterocycles. The zero-order valence-corrected chi connectivity index (χ0v) is 24.0. The zero-order valence-electron chi connectivity index (χ0n) is 24.0. The second-order valence-electron chi connectivity index (χ2n) is 15.0. The topological polar surface area (TPSA) is 26.3 Å². The first-order valence-electron chi connectivity index (χ1n) is 14.8. The highest BCUT2D eigenvalue weighted by atomic mass is 16.5. The first-order valence-corrected chi connectivity index (χ1v) is 14.8. The largest absolute Gasteiger partial charge is 0.462 e. The summed E-state index contributed by atoms with van der Waals surface area (Å²) in [5, 5.41) is 0. The number of hydrogen-bond acceptors (Lipinski definition) is 2. The van der Waals surface area contributed by atoms with Gasteiger partial charge in [-0.3, -0.25) is 4.79 Å². The summed E-state index contributed by atoms with van der Waals surface area (Å²) in [7, 11) is 0. The van der Waals surface area contributed by atoms with Gasteiger partial charge in [0.05, 0.1) is 0 Å². The maximum absolute atomic E-state index is 12.0. The summed E-state index contributed by atoms with van der Waals surface area (Å²) in [6, 6.07) is 0. The van der Waals surface area contributed by atoms with E-state index in [1.807, 2.05) is 5.57 Å². The number of ether oxygens (including phenoxy) is 1. The van der Waals surface area contributed by atoms with Crippen LogP contribution in [0.3, 0.4) is 0 Å². The first kappa shape index (κ1) is 25.6. The minimum Gasteiger partial charge on any atom is -0.462 e. The van der Waals surface area contributed by atoms with Gasteiger partial charge in [-0.2, -0.15) is 0 Å². The molecule has 0 aromatic rings.